The zero-order valence-corrected chi connectivity index (χ0v) is 17.8. The Balaban J connectivity index is 1.57. The van der Waals surface area contributed by atoms with Crippen LogP contribution in [0.25, 0.3) is 16.6 Å². The standard InChI is InChI=1S/C23H23N5O2S/c29-31(30,18-11-5-2-6-12-18)23-22-25-21(24-16-15-17-9-3-1-4-10-17)19-13-7-8-14-20(19)28(22)27-26-23/h2,5-9,11-14H,1,3-4,10,15-16H2,(H,24,25). The average Bonchev–Trinajstić information content (AvgIpc) is 3.25. The lowest BCUT2D eigenvalue weighted by atomic mass is 9.97. The Morgan fingerprint density at radius 3 is 2.61 bits per heavy atom. The van der Waals surface area contributed by atoms with E-state index in [0.717, 1.165) is 36.7 Å². The third-order valence-corrected chi connectivity index (χ3v) is 7.32. The van der Waals surface area contributed by atoms with Crippen molar-refractivity contribution in [2.45, 2.75) is 42.0 Å². The van der Waals surface area contributed by atoms with E-state index in [9.17, 15) is 8.42 Å². The molecule has 8 heteroatoms. The van der Waals surface area contributed by atoms with Crippen LogP contribution in [-0.2, 0) is 9.84 Å². The number of fused-ring (bicyclic) bond motifs is 3. The molecule has 0 saturated carbocycles. The summed E-state index contributed by atoms with van der Waals surface area (Å²) in [5, 5.41) is 12.3. The number of nitrogens with one attached hydrogen (secondary N) is 1. The molecule has 1 aliphatic rings. The van der Waals surface area contributed by atoms with E-state index in [1.807, 2.05) is 24.3 Å². The van der Waals surface area contributed by atoms with Crippen molar-refractivity contribution < 1.29 is 8.42 Å². The van der Waals surface area contributed by atoms with Crippen LogP contribution in [0.15, 0.2) is 76.2 Å². The molecule has 0 atom stereocenters. The Hall–Kier alpha value is -3.26. The number of hydrogen-bond acceptors (Lipinski definition) is 6. The first-order valence-electron chi connectivity index (χ1n) is 10.5. The van der Waals surface area contributed by atoms with Gasteiger partial charge in [-0.05, 0) is 56.4 Å². The average molecular weight is 434 g/mol. The van der Waals surface area contributed by atoms with Gasteiger partial charge in [0.1, 0.15) is 5.82 Å². The van der Waals surface area contributed by atoms with Gasteiger partial charge >= 0.3 is 0 Å². The number of aromatic nitrogens is 4. The summed E-state index contributed by atoms with van der Waals surface area (Å²) in [5.41, 5.74) is 2.46. The third-order valence-electron chi connectivity index (χ3n) is 5.65. The van der Waals surface area contributed by atoms with E-state index < -0.39 is 9.84 Å². The summed E-state index contributed by atoms with van der Waals surface area (Å²) in [7, 11) is -3.84. The number of sulfone groups is 1. The van der Waals surface area contributed by atoms with Gasteiger partial charge in [0, 0.05) is 11.9 Å². The lowest BCUT2D eigenvalue weighted by Gasteiger charge is -2.14. The van der Waals surface area contributed by atoms with Crippen LogP contribution >= 0.6 is 0 Å². The van der Waals surface area contributed by atoms with Gasteiger partial charge in [-0.25, -0.2) is 13.4 Å². The molecular weight excluding hydrogens is 410 g/mol. The van der Waals surface area contributed by atoms with E-state index in [1.165, 1.54) is 22.9 Å². The molecule has 0 saturated heterocycles. The monoisotopic (exact) mass is 433 g/mol. The number of para-hydroxylation sites is 1. The van der Waals surface area contributed by atoms with Crippen LogP contribution in [0.3, 0.4) is 0 Å². The predicted molar refractivity (Wildman–Crippen MR) is 120 cm³/mol. The molecule has 7 nitrogen and oxygen atoms in total. The maximum atomic E-state index is 13.2. The molecule has 0 radical (unpaired) electrons. The maximum Gasteiger partial charge on any atom is 0.229 e. The molecule has 1 aliphatic carbocycles. The summed E-state index contributed by atoms with van der Waals surface area (Å²) in [5.74, 6) is 0.645. The molecule has 0 spiro atoms. The van der Waals surface area contributed by atoms with E-state index in [1.54, 1.807) is 30.3 Å². The van der Waals surface area contributed by atoms with Crippen molar-refractivity contribution in [1.82, 2.24) is 19.8 Å². The largest absolute Gasteiger partial charge is 0.369 e. The fourth-order valence-corrected chi connectivity index (χ4v) is 5.29. The second-order valence-corrected chi connectivity index (χ2v) is 9.57. The Kier molecular flexibility index (Phi) is 5.15. The van der Waals surface area contributed by atoms with E-state index in [-0.39, 0.29) is 15.6 Å². The number of allylic oxidation sites excluding steroid dienone is 1. The van der Waals surface area contributed by atoms with Crippen molar-refractivity contribution in [3.63, 3.8) is 0 Å². The molecule has 4 aromatic rings. The molecule has 1 N–H and O–H groups in total. The fraction of sp³-hybridized carbons (Fsp3) is 0.261. The van der Waals surface area contributed by atoms with Crippen molar-refractivity contribution in [3.8, 4) is 0 Å². The highest BCUT2D eigenvalue weighted by molar-refractivity contribution is 7.91. The minimum Gasteiger partial charge on any atom is -0.369 e. The highest BCUT2D eigenvalue weighted by atomic mass is 32.2. The van der Waals surface area contributed by atoms with Gasteiger partial charge < -0.3 is 5.32 Å². The van der Waals surface area contributed by atoms with E-state index in [0.29, 0.717) is 5.82 Å². The highest BCUT2D eigenvalue weighted by Crippen LogP contribution is 2.28. The lowest BCUT2D eigenvalue weighted by Crippen LogP contribution is -2.09. The van der Waals surface area contributed by atoms with Crippen LogP contribution in [-0.4, -0.2) is 34.8 Å². The molecule has 2 aromatic heterocycles. The van der Waals surface area contributed by atoms with Crippen molar-refractivity contribution >= 4 is 32.2 Å². The van der Waals surface area contributed by atoms with Crippen LogP contribution in [0.4, 0.5) is 5.82 Å². The van der Waals surface area contributed by atoms with Gasteiger partial charge in [0.05, 0.1) is 10.4 Å². The van der Waals surface area contributed by atoms with Gasteiger partial charge in [-0.1, -0.05) is 47.2 Å². The smallest absolute Gasteiger partial charge is 0.229 e. The minimum atomic E-state index is -3.84. The summed E-state index contributed by atoms with van der Waals surface area (Å²) < 4.78 is 27.9. The van der Waals surface area contributed by atoms with Crippen molar-refractivity contribution in [1.29, 1.82) is 0 Å². The first kappa shape index (κ1) is 19.7. The molecule has 0 amide bonds. The molecule has 5 rings (SSSR count). The zero-order chi connectivity index (χ0) is 21.3. The van der Waals surface area contributed by atoms with Crippen molar-refractivity contribution in [3.05, 3.63) is 66.2 Å². The number of benzene rings is 2. The lowest BCUT2D eigenvalue weighted by molar-refractivity contribution is 0.592. The Bertz CT molecular complexity index is 1380. The molecule has 2 aromatic carbocycles. The van der Waals surface area contributed by atoms with E-state index in [2.05, 4.69) is 26.7 Å². The van der Waals surface area contributed by atoms with Gasteiger partial charge in [0.2, 0.25) is 14.9 Å². The Morgan fingerprint density at radius 1 is 1.00 bits per heavy atom. The maximum absolute atomic E-state index is 13.2. The van der Waals surface area contributed by atoms with Crippen molar-refractivity contribution in [2.75, 3.05) is 11.9 Å². The van der Waals surface area contributed by atoms with Crippen LogP contribution in [0.2, 0.25) is 0 Å². The predicted octanol–water partition coefficient (Wildman–Crippen LogP) is 4.41. The van der Waals surface area contributed by atoms with Gasteiger partial charge in [-0.3, -0.25) is 0 Å². The van der Waals surface area contributed by atoms with Crippen LogP contribution in [0, 0.1) is 0 Å². The summed E-state index contributed by atoms with van der Waals surface area (Å²) in [4.78, 5) is 4.84. The van der Waals surface area contributed by atoms with Gasteiger partial charge in [0.25, 0.3) is 0 Å². The molecular formula is C23H23N5O2S. The molecule has 0 aliphatic heterocycles. The number of anilines is 1. The SMILES string of the molecule is O=S(=O)(c1ccccc1)c1nnn2c1nc(NCCC1=CCCCC1)c1ccccc12. The number of rotatable bonds is 6. The summed E-state index contributed by atoms with van der Waals surface area (Å²) in [6.07, 6.45) is 8.12. The molecule has 0 bridgehead atoms. The topological polar surface area (TPSA) is 89.2 Å². The number of nitrogens with zero attached hydrogens (tertiary/aromatic N) is 4. The summed E-state index contributed by atoms with van der Waals surface area (Å²) in [6.45, 7) is 0.737. The summed E-state index contributed by atoms with van der Waals surface area (Å²) in [6, 6.07) is 15.9. The van der Waals surface area contributed by atoms with Gasteiger partial charge in [-0.2, -0.15) is 4.52 Å². The van der Waals surface area contributed by atoms with E-state index >= 15 is 0 Å². The zero-order valence-electron chi connectivity index (χ0n) is 17.0. The second kappa shape index (κ2) is 8.11. The second-order valence-electron chi connectivity index (χ2n) is 7.71. The molecule has 0 fully saturated rings. The molecule has 158 valence electrons. The van der Waals surface area contributed by atoms with Gasteiger partial charge in [0.15, 0.2) is 5.65 Å². The quantitative estimate of drug-likeness (QED) is 0.453. The molecule has 31 heavy (non-hydrogen) atoms. The van der Waals surface area contributed by atoms with E-state index in [4.69, 9.17) is 0 Å². The highest BCUT2D eigenvalue weighted by Gasteiger charge is 2.26. The normalized spacial score (nSPS) is 14.6. The van der Waals surface area contributed by atoms with Crippen LogP contribution < -0.4 is 5.32 Å². The number of hydrogen-bond donors (Lipinski definition) is 1. The fourth-order valence-electron chi connectivity index (χ4n) is 4.04. The first-order chi connectivity index (χ1) is 15.1. The minimum absolute atomic E-state index is 0.137. The molecule has 2 heterocycles. The van der Waals surface area contributed by atoms with Crippen molar-refractivity contribution in [2.24, 2.45) is 0 Å². The first-order valence-corrected chi connectivity index (χ1v) is 12.0. The molecule has 0 unspecified atom stereocenters. The van der Waals surface area contributed by atoms with Crippen LogP contribution in [0.1, 0.15) is 32.1 Å². The van der Waals surface area contributed by atoms with Gasteiger partial charge in [-0.15, -0.1) is 5.10 Å². The Labute approximate surface area is 180 Å². The Morgan fingerprint density at radius 2 is 1.81 bits per heavy atom. The third kappa shape index (κ3) is 3.67. The van der Waals surface area contributed by atoms with Crippen LogP contribution in [0.5, 0.6) is 0 Å². The summed E-state index contributed by atoms with van der Waals surface area (Å²) >= 11 is 0.